The number of fused-ring (bicyclic) bond motifs is 3. The Morgan fingerprint density at radius 2 is 2.05 bits per heavy atom. The van der Waals surface area contributed by atoms with E-state index in [1.165, 1.54) is 16.8 Å². The fourth-order valence-corrected chi connectivity index (χ4v) is 7.94. The molecule has 5 heteroatoms. The molecule has 104 valence electrons. The molecule has 1 aromatic rings. The summed E-state index contributed by atoms with van der Waals surface area (Å²) in [5, 5.41) is 4.35. The van der Waals surface area contributed by atoms with Crippen LogP contribution in [0.15, 0.2) is 18.2 Å². The monoisotopic (exact) mass is 423 g/mol. The first-order chi connectivity index (χ1) is 8.53. The molecule has 0 saturated carbocycles. The Balaban J connectivity index is 0.00000133. The average molecular weight is 423 g/mol. The Kier molecular flexibility index (Phi) is 4.80. The normalized spacial score (nSPS) is 29.2. The lowest BCUT2D eigenvalue weighted by molar-refractivity contribution is -0.00000378. The van der Waals surface area contributed by atoms with Gasteiger partial charge in [-0.3, -0.25) is 0 Å². The lowest BCUT2D eigenvalue weighted by Gasteiger charge is -2.41. The van der Waals surface area contributed by atoms with E-state index in [-0.39, 0.29) is 29.5 Å². The highest BCUT2D eigenvalue weighted by Crippen LogP contribution is 2.56. The molecule has 2 aliphatic heterocycles. The summed E-state index contributed by atoms with van der Waals surface area (Å²) in [4.78, 5) is 0. The van der Waals surface area contributed by atoms with Gasteiger partial charge in [0.05, 0.1) is 11.2 Å². The predicted molar refractivity (Wildman–Crippen MR) is 88.9 cm³/mol. The Morgan fingerprint density at radius 1 is 1.32 bits per heavy atom. The maximum atomic E-state index is 3.72. The van der Waals surface area contributed by atoms with Crippen LogP contribution >= 0.6 is 21.6 Å². The van der Waals surface area contributed by atoms with Gasteiger partial charge in [0, 0.05) is 22.0 Å². The topological polar surface area (TPSA) is 12.0 Å². The van der Waals surface area contributed by atoms with Gasteiger partial charge in [-0.05, 0) is 32.4 Å². The number of hydrogen-bond acceptors (Lipinski definition) is 3. The third-order valence-electron chi connectivity index (χ3n) is 3.70. The first kappa shape index (κ1) is 15.9. The Labute approximate surface area is 144 Å². The molecule has 2 unspecified atom stereocenters. The number of hydrogen-bond donors (Lipinski definition) is 1. The minimum atomic E-state index is 0. The van der Waals surface area contributed by atoms with Crippen LogP contribution in [0.1, 0.15) is 30.9 Å². The van der Waals surface area contributed by atoms with Gasteiger partial charge >= 0.3 is 0 Å². The molecule has 0 aliphatic carbocycles. The van der Waals surface area contributed by atoms with E-state index in [1.54, 1.807) is 4.20 Å². The van der Waals surface area contributed by atoms with Gasteiger partial charge in [-0.25, -0.2) is 0 Å². The summed E-state index contributed by atoms with van der Waals surface area (Å²) in [5.74, 6) is 0.584. The van der Waals surface area contributed by atoms with Gasteiger partial charge in [0.1, 0.15) is 0 Å². The van der Waals surface area contributed by atoms with Crippen molar-refractivity contribution in [3.63, 3.8) is 0 Å². The van der Waals surface area contributed by atoms with Gasteiger partial charge in [0.15, 0.2) is 17.6 Å². The van der Waals surface area contributed by atoms with Crippen LogP contribution in [0.3, 0.4) is 0 Å². The molecular weight excluding hydrogens is 405 g/mol. The molecule has 0 spiro atoms. The molecule has 0 radical (unpaired) electrons. The van der Waals surface area contributed by atoms with Crippen LogP contribution in [-0.2, 0) is 11.4 Å². The zero-order valence-corrected chi connectivity index (χ0v) is 16.1. The van der Waals surface area contributed by atoms with Crippen LogP contribution in [0.2, 0.25) is 0 Å². The third kappa shape index (κ3) is 2.68. The first-order valence-corrected chi connectivity index (χ1v) is 9.59. The maximum Gasteiger partial charge on any atom is 0.253 e. The molecule has 19 heavy (non-hydrogen) atoms. The van der Waals surface area contributed by atoms with Gasteiger partial charge in [0.2, 0.25) is 0 Å². The number of aryl methyl sites for hydroxylation is 1. The molecular formula is C14H18INS3. The molecule has 2 heterocycles. The molecule has 2 aliphatic rings. The Morgan fingerprint density at radius 3 is 2.74 bits per heavy atom. The molecule has 0 amide bonds. The van der Waals surface area contributed by atoms with Gasteiger partial charge in [-0.1, -0.05) is 28.5 Å². The lowest BCUT2D eigenvalue weighted by atomic mass is 9.80. The minimum absolute atomic E-state index is 0. The van der Waals surface area contributed by atoms with Gasteiger partial charge in [-0.15, -0.1) is 0 Å². The van der Waals surface area contributed by atoms with Crippen molar-refractivity contribution in [1.82, 2.24) is 0 Å². The zero-order chi connectivity index (χ0) is 12.9. The van der Waals surface area contributed by atoms with Crippen molar-refractivity contribution in [2.45, 2.75) is 37.5 Å². The molecule has 1 aromatic carbocycles. The molecule has 0 bridgehead atoms. The van der Waals surface area contributed by atoms with Gasteiger partial charge < -0.3 is 29.3 Å². The van der Waals surface area contributed by atoms with E-state index in [0.717, 1.165) is 0 Å². The van der Waals surface area contributed by atoms with E-state index < -0.39 is 0 Å². The van der Waals surface area contributed by atoms with Crippen molar-refractivity contribution >= 4 is 42.8 Å². The molecule has 0 aromatic heterocycles. The molecule has 1 saturated heterocycles. The van der Waals surface area contributed by atoms with Gasteiger partial charge in [-0.2, -0.15) is 0 Å². The van der Waals surface area contributed by atoms with Crippen molar-refractivity contribution in [2.75, 3.05) is 11.6 Å². The average Bonchev–Trinajstić information content (AvgIpc) is 2.75. The summed E-state index contributed by atoms with van der Waals surface area (Å²) in [5.41, 5.74) is 4.32. The fourth-order valence-electron chi connectivity index (χ4n) is 2.79. The van der Waals surface area contributed by atoms with Crippen LogP contribution in [0.25, 0.3) is 0 Å². The largest absolute Gasteiger partial charge is 1.00 e. The van der Waals surface area contributed by atoms with Crippen molar-refractivity contribution < 1.29 is 24.0 Å². The standard InChI is InChI=1S/C14H18NS3.HI/c1-8-5-6-10-9(7-8)11-12(14(2,3)15-10)17-18-13(11)16-4;/h5-7,11-12,15H,1-4H3;1H/q+1;/p-1. The van der Waals surface area contributed by atoms with E-state index in [4.69, 9.17) is 0 Å². The molecule has 1 fully saturated rings. The molecule has 1 nitrogen and oxygen atoms in total. The Hall–Kier alpha value is 0.540. The number of rotatable bonds is 0. The quantitative estimate of drug-likeness (QED) is 0.288. The third-order valence-corrected chi connectivity index (χ3v) is 8.46. The first-order valence-electron chi connectivity index (χ1n) is 6.16. The summed E-state index contributed by atoms with van der Waals surface area (Å²) in [6.45, 7) is 6.83. The van der Waals surface area contributed by atoms with E-state index in [9.17, 15) is 0 Å². The predicted octanol–water partition coefficient (Wildman–Crippen LogP) is 0.893. The van der Waals surface area contributed by atoms with Crippen LogP contribution in [-0.4, -0.2) is 21.2 Å². The van der Waals surface area contributed by atoms with Crippen molar-refractivity contribution in [3.8, 4) is 0 Å². The summed E-state index contributed by atoms with van der Waals surface area (Å²) in [6.07, 6.45) is 2.20. The molecule has 1 N–H and O–H groups in total. The van der Waals surface area contributed by atoms with E-state index in [0.29, 0.717) is 11.2 Å². The van der Waals surface area contributed by atoms with Crippen LogP contribution in [0.5, 0.6) is 0 Å². The number of nitrogens with one attached hydrogen (secondary N) is 1. The van der Waals surface area contributed by atoms with Crippen LogP contribution < -0.4 is 29.3 Å². The second-order valence-corrected chi connectivity index (χ2v) is 9.03. The van der Waals surface area contributed by atoms with E-state index in [2.05, 4.69) is 50.5 Å². The van der Waals surface area contributed by atoms with Gasteiger partial charge in [0.25, 0.3) is 4.20 Å². The maximum absolute atomic E-state index is 3.72. The smallest absolute Gasteiger partial charge is 0.253 e. The zero-order valence-electron chi connectivity index (χ0n) is 11.5. The second kappa shape index (κ2) is 5.73. The van der Waals surface area contributed by atoms with Crippen LogP contribution in [0, 0.1) is 6.92 Å². The summed E-state index contributed by atoms with van der Waals surface area (Å²) in [7, 11) is 4.01. The molecule has 2 atom stereocenters. The highest BCUT2D eigenvalue weighted by Gasteiger charge is 2.51. The summed E-state index contributed by atoms with van der Waals surface area (Å²) < 4.78 is 1.56. The number of benzene rings is 1. The fraction of sp³-hybridized carbons (Fsp3) is 0.500. The second-order valence-electron chi connectivity index (χ2n) is 5.54. The lowest BCUT2D eigenvalue weighted by Crippen LogP contribution is -3.00. The van der Waals surface area contributed by atoms with Crippen LogP contribution in [0.4, 0.5) is 5.69 Å². The highest BCUT2D eigenvalue weighted by molar-refractivity contribution is 8.84. The SMILES string of the molecule is C[S+]=C1SSC2C1c1cc(C)ccc1NC2(C)C.[I-]. The Bertz CT molecular complexity index is 527. The van der Waals surface area contributed by atoms with E-state index >= 15 is 0 Å². The van der Waals surface area contributed by atoms with Crippen molar-refractivity contribution in [2.24, 2.45) is 0 Å². The van der Waals surface area contributed by atoms with E-state index in [1.807, 2.05) is 32.9 Å². The summed E-state index contributed by atoms with van der Waals surface area (Å²) >= 11 is 1.92. The summed E-state index contributed by atoms with van der Waals surface area (Å²) in [6, 6.07) is 6.81. The van der Waals surface area contributed by atoms with Crippen molar-refractivity contribution in [3.05, 3.63) is 29.3 Å². The molecule has 3 rings (SSSR count). The minimum Gasteiger partial charge on any atom is -1.00 e. The highest BCUT2D eigenvalue weighted by atomic mass is 127. The number of anilines is 1. The van der Waals surface area contributed by atoms with Crippen molar-refractivity contribution in [1.29, 1.82) is 0 Å². The number of halogens is 1.